The molecular formula is C14H17NO3S. The summed E-state index contributed by atoms with van der Waals surface area (Å²) >= 11 is 1.43. The van der Waals surface area contributed by atoms with Crippen LogP contribution in [0, 0.1) is 11.8 Å². The van der Waals surface area contributed by atoms with Gasteiger partial charge < -0.3 is 15.1 Å². The van der Waals surface area contributed by atoms with E-state index < -0.39 is 6.10 Å². The molecule has 2 N–H and O–H groups in total. The summed E-state index contributed by atoms with van der Waals surface area (Å²) in [5.41, 5.74) is 0.632. The Morgan fingerprint density at radius 3 is 3.16 bits per heavy atom. The van der Waals surface area contributed by atoms with E-state index >= 15 is 0 Å². The second kappa shape index (κ2) is 6.71. The molecular weight excluding hydrogens is 262 g/mol. The van der Waals surface area contributed by atoms with Crippen LogP contribution in [0.15, 0.2) is 11.4 Å². The Balaban J connectivity index is 2.02. The van der Waals surface area contributed by atoms with Crippen LogP contribution in [0.3, 0.4) is 0 Å². The maximum Gasteiger partial charge on any atom is 0.254 e. The third-order valence-electron chi connectivity index (χ3n) is 2.98. The first-order valence-corrected chi connectivity index (χ1v) is 7.24. The van der Waals surface area contributed by atoms with Gasteiger partial charge in [-0.15, -0.1) is 11.3 Å². The molecule has 0 bridgehead atoms. The predicted octanol–water partition coefficient (Wildman–Crippen LogP) is 1.08. The van der Waals surface area contributed by atoms with Crippen LogP contribution in [0.1, 0.15) is 34.5 Å². The first-order chi connectivity index (χ1) is 9.20. The molecule has 1 aromatic rings. The first kappa shape index (κ1) is 14.1. The van der Waals surface area contributed by atoms with E-state index in [-0.39, 0.29) is 12.5 Å². The molecule has 1 aliphatic heterocycles. The van der Waals surface area contributed by atoms with Gasteiger partial charge in [-0.2, -0.15) is 0 Å². The number of rotatable bonds is 2. The molecule has 19 heavy (non-hydrogen) atoms. The molecule has 1 unspecified atom stereocenters. The van der Waals surface area contributed by atoms with E-state index in [0.29, 0.717) is 25.1 Å². The second-order valence-corrected chi connectivity index (χ2v) is 5.43. The zero-order valence-electron chi connectivity index (χ0n) is 10.6. The lowest BCUT2D eigenvalue weighted by molar-refractivity contribution is 0.0474. The van der Waals surface area contributed by atoms with E-state index in [9.17, 15) is 9.90 Å². The molecule has 5 heteroatoms. The number of aliphatic hydroxyl groups excluding tert-OH is 2. The minimum absolute atomic E-state index is 0.0368. The summed E-state index contributed by atoms with van der Waals surface area (Å²) in [6.45, 7) is 1.17. The molecule has 0 aromatic carbocycles. The fraction of sp³-hybridized carbons (Fsp3) is 0.500. The third kappa shape index (κ3) is 3.80. The average Bonchev–Trinajstić information content (AvgIpc) is 2.87. The number of carbonyl (C=O) groups is 1. The van der Waals surface area contributed by atoms with E-state index in [0.717, 1.165) is 17.7 Å². The van der Waals surface area contributed by atoms with Gasteiger partial charge >= 0.3 is 0 Å². The highest BCUT2D eigenvalue weighted by Gasteiger charge is 2.23. The summed E-state index contributed by atoms with van der Waals surface area (Å²) in [6, 6.07) is 1.78. The second-order valence-electron chi connectivity index (χ2n) is 4.52. The van der Waals surface area contributed by atoms with Gasteiger partial charge in [0.15, 0.2) is 0 Å². The van der Waals surface area contributed by atoms with Crippen LogP contribution in [-0.4, -0.2) is 46.8 Å². The van der Waals surface area contributed by atoms with Crippen LogP contribution < -0.4 is 0 Å². The molecule has 2 heterocycles. The Kier molecular flexibility index (Phi) is 4.97. The molecule has 0 spiro atoms. The minimum atomic E-state index is -0.403. The zero-order valence-corrected chi connectivity index (χ0v) is 11.4. The topological polar surface area (TPSA) is 60.8 Å². The number of nitrogens with zero attached hydrogens (tertiary/aromatic N) is 1. The quantitative estimate of drug-likeness (QED) is 0.796. The van der Waals surface area contributed by atoms with Crippen LogP contribution in [0.4, 0.5) is 0 Å². The van der Waals surface area contributed by atoms with Crippen LogP contribution in [0.5, 0.6) is 0 Å². The van der Waals surface area contributed by atoms with E-state index in [1.165, 1.54) is 11.3 Å². The number of carbonyl (C=O) groups excluding carboxylic acids is 1. The van der Waals surface area contributed by atoms with Crippen molar-refractivity contribution in [2.24, 2.45) is 0 Å². The highest BCUT2D eigenvalue weighted by Crippen LogP contribution is 2.18. The average molecular weight is 279 g/mol. The predicted molar refractivity (Wildman–Crippen MR) is 74.0 cm³/mol. The lowest BCUT2D eigenvalue weighted by Gasteiger charge is -2.29. The maximum atomic E-state index is 12.2. The SMILES string of the molecule is O=C(c1csc(C#CCCO)c1)N1CCCC(O)C1. The van der Waals surface area contributed by atoms with Gasteiger partial charge in [-0.1, -0.05) is 11.8 Å². The van der Waals surface area contributed by atoms with Crippen LogP contribution in [0.25, 0.3) is 0 Å². The van der Waals surface area contributed by atoms with Crippen molar-refractivity contribution in [3.05, 3.63) is 21.9 Å². The molecule has 0 radical (unpaired) electrons. The highest BCUT2D eigenvalue weighted by molar-refractivity contribution is 7.10. The monoisotopic (exact) mass is 279 g/mol. The molecule has 1 saturated heterocycles. The van der Waals surface area contributed by atoms with Gasteiger partial charge in [0.25, 0.3) is 5.91 Å². The van der Waals surface area contributed by atoms with E-state index in [4.69, 9.17) is 5.11 Å². The number of hydrogen-bond donors (Lipinski definition) is 2. The molecule has 0 saturated carbocycles. The number of hydrogen-bond acceptors (Lipinski definition) is 4. The summed E-state index contributed by atoms with van der Waals surface area (Å²) in [5.74, 6) is 5.72. The molecule has 102 valence electrons. The van der Waals surface area contributed by atoms with Crippen molar-refractivity contribution < 1.29 is 15.0 Å². The molecule has 1 amide bonds. The number of β-amino-alcohol motifs (C(OH)–C–C–N with tert-alkyl or cyclic N) is 1. The summed E-state index contributed by atoms with van der Waals surface area (Å²) in [5, 5.41) is 20.0. The molecule has 2 rings (SSSR count). The smallest absolute Gasteiger partial charge is 0.254 e. The standard InChI is InChI=1S/C14H17NO3S/c16-7-2-1-5-13-8-11(10-19-13)14(18)15-6-3-4-12(17)9-15/h8,10,12,16-17H,2-4,6-7,9H2. The van der Waals surface area contributed by atoms with Crippen molar-refractivity contribution in [3.63, 3.8) is 0 Å². The molecule has 1 aliphatic rings. The molecule has 0 aliphatic carbocycles. The number of likely N-dealkylation sites (tertiary alicyclic amines) is 1. The maximum absolute atomic E-state index is 12.2. The van der Waals surface area contributed by atoms with Crippen LogP contribution in [0.2, 0.25) is 0 Å². The number of amides is 1. The van der Waals surface area contributed by atoms with E-state index in [1.54, 1.807) is 16.3 Å². The fourth-order valence-corrected chi connectivity index (χ4v) is 2.79. The lowest BCUT2D eigenvalue weighted by atomic mass is 10.1. The van der Waals surface area contributed by atoms with Gasteiger partial charge in [0.1, 0.15) is 0 Å². The lowest BCUT2D eigenvalue weighted by Crippen LogP contribution is -2.42. The fourth-order valence-electron chi connectivity index (χ4n) is 2.04. The Bertz CT molecular complexity index is 500. The number of aliphatic hydroxyl groups is 2. The summed E-state index contributed by atoms with van der Waals surface area (Å²) in [4.78, 5) is 14.7. The van der Waals surface area contributed by atoms with E-state index in [1.807, 2.05) is 0 Å². The van der Waals surface area contributed by atoms with Gasteiger partial charge in [0, 0.05) is 24.9 Å². The molecule has 1 fully saturated rings. The van der Waals surface area contributed by atoms with Gasteiger partial charge in [0.05, 0.1) is 23.2 Å². The summed E-state index contributed by atoms with van der Waals surface area (Å²) in [7, 11) is 0. The highest BCUT2D eigenvalue weighted by atomic mass is 32.1. The Morgan fingerprint density at radius 2 is 2.42 bits per heavy atom. The van der Waals surface area contributed by atoms with Crippen molar-refractivity contribution in [2.45, 2.75) is 25.4 Å². The zero-order chi connectivity index (χ0) is 13.7. The minimum Gasteiger partial charge on any atom is -0.395 e. The van der Waals surface area contributed by atoms with Gasteiger partial charge in [-0.3, -0.25) is 4.79 Å². The van der Waals surface area contributed by atoms with Crippen molar-refractivity contribution in [2.75, 3.05) is 19.7 Å². The summed E-state index contributed by atoms with van der Waals surface area (Å²) in [6.07, 6.45) is 1.66. The van der Waals surface area contributed by atoms with Crippen molar-refractivity contribution in [3.8, 4) is 11.8 Å². The van der Waals surface area contributed by atoms with Gasteiger partial charge in [0.2, 0.25) is 0 Å². The van der Waals surface area contributed by atoms with Crippen LogP contribution >= 0.6 is 11.3 Å². The molecule has 1 aromatic heterocycles. The number of piperidine rings is 1. The molecule has 4 nitrogen and oxygen atoms in total. The Labute approximate surface area is 116 Å². The van der Waals surface area contributed by atoms with Crippen molar-refractivity contribution >= 4 is 17.2 Å². The normalized spacial score (nSPS) is 18.8. The number of thiophene rings is 1. The Hall–Kier alpha value is -1.35. The van der Waals surface area contributed by atoms with Gasteiger partial charge in [-0.05, 0) is 18.9 Å². The van der Waals surface area contributed by atoms with Gasteiger partial charge in [-0.25, -0.2) is 0 Å². The van der Waals surface area contributed by atoms with Crippen molar-refractivity contribution in [1.29, 1.82) is 0 Å². The van der Waals surface area contributed by atoms with E-state index in [2.05, 4.69) is 11.8 Å². The summed E-state index contributed by atoms with van der Waals surface area (Å²) < 4.78 is 0. The molecule has 1 atom stereocenters. The Morgan fingerprint density at radius 1 is 1.58 bits per heavy atom. The third-order valence-corrected chi connectivity index (χ3v) is 3.82. The van der Waals surface area contributed by atoms with Crippen molar-refractivity contribution in [1.82, 2.24) is 4.90 Å². The first-order valence-electron chi connectivity index (χ1n) is 6.36. The largest absolute Gasteiger partial charge is 0.395 e. The van der Waals surface area contributed by atoms with Crippen LogP contribution in [-0.2, 0) is 0 Å².